The number of hydrazine groups is 1. The summed E-state index contributed by atoms with van der Waals surface area (Å²) in [5.74, 6) is -2.10. The summed E-state index contributed by atoms with van der Waals surface area (Å²) in [7, 11) is -3.86. The summed E-state index contributed by atoms with van der Waals surface area (Å²) >= 11 is 6.92. The van der Waals surface area contributed by atoms with Gasteiger partial charge in [0.15, 0.2) is 0 Å². The van der Waals surface area contributed by atoms with E-state index in [1.807, 2.05) is 0 Å². The number of rotatable bonds is 6. The van der Waals surface area contributed by atoms with Gasteiger partial charge in [-0.15, -0.1) is 11.3 Å². The third-order valence-corrected chi connectivity index (χ3v) is 7.01. The summed E-state index contributed by atoms with van der Waals surface area (Å²) in [6.07, 6.45) is -0.390. The third-order valence-electron chi connectivity index (χ3n) is 3.89. The van der Waals surface area contributed by atoms with Crippen molar-refractivity contribution in [1.29, 1.82) is 0 Å². The van der Waals surface area contributed by atoms with E-state index in [4.69, 9.17) is 11.6 Å². The number of benzene rings is 2. The Bertz CT molecular complexity index is 1160. The zero-order valence-corrected chi connectivity index (χ0v) is 17.6. The molecule has 0 aliphatic carbocycles. The summed E-state index contributed by atoms with van der Waals surface area (Å²) in [6, 6.07) is 13.0. The number of nitrogens with one attached hydrogen (secondary N) is 3. The van der Waals surface area contributed by atoms with Crippen LogP contribution in [0.2, 0.25) is 5.02 Å². The van der Waals surface area contributed by atoms with Crippen molar-refractivity contribution in [3.63, 3.8) is 0 Å². The van der Waals surface area contributed by atoms with Gasteiger partial charge in [-0.3, -0.25) is 25.2 Å². The Hall–Kier alpha value is -2.95. The standard InChI is InChI=1S/C19H15ClFN3O4S2/c20-14-6-3-7-15(21)13(14)11-17(25)22-23-19(26)12-5-1-2-8-16(12)24-30(27,28)18-9-4-10-29-18/h1-10,24H,11H2,(H,22,25)(H,23,26). The van der Waals surface area contributed by atoms with Gasteiger partial charge in [-0.25, -0.2) is 12.8 Å². The number of hydrogen-bond donors (Lipinski definition) is 3. The van der Waals surface area contributed by atoms with Crippen molar-refractivity contribution < 1.29 is 22.4 Å². The van der Waals surface area contributed by atoms with Crippen molar-refractivity contribution in [2.24, 2.45) is 0 Å². The van der Waals surface area contributed by atoms with Gasteiger partial charge in [0.1, 0.15) is 10.0 Å². The number of anilines is 1. The van der Waals surface area contributed by atoms with E-state index in [1.54, 1.807) is 23.6 Å². The fourth-order valence-electron chi connectivity index (χ4n) is 2.48. The lowest BCUT2D eigenvalue weighted by Gasteiger charge is -2.13. The molecule has 156 valence electrons. The van der Waals surface area contributed by atoms with E-state index in [0.29, 0.717) is 0 Å². The van der Waals surface area contributed by atoms with Gasteiger partial charge in [-0.1, -0.05) is 35.9 Å². The maximum atomic E-state index is 13.8. The quantitative estimate of drug-likeness (QED) is 0.483. The molecule has 2 amide bonds. The molecule has 0 spiro atoms. The molecule has 0 saturated heterocycles. The number of halogens is 2. The second-order valence-corrected chi connectivity index (χ2v) is 9.23. The van der Waals surface area contributed by atoms with Crippen LogP contribution in [0.1, 0.15) is 15.9 Å². The average molecular weight is 468 g/mol. The number of thiophene rings is 1. The number of carbonyl (C=O) groups excluding carboxylic acids is 2. The van der Waals surface area contributed by atoms with E-state index >= 15 is 0 Å². The molecule has 0 unspecified atom stereocenters. The molecule has 30 heavy (non-hydrogen) atoms. The summed E-state index contributed by atoms with van der Waals surface area (Å²) in [5, 5.41) is 1.70. The lowest BCUT2D eigenvalue weighted by molar-refractivity contribution is -0.121. The molecule has 7 nitrogen and oxygen atoms in total. The highest BCUT2D eigenvalue weighted by Crippen LogP contribution is 2.23. The first-order chi connectivity index (χ1) is 14.3. The molecule has 0 atom stereocenters. The van der Waals surface area contributed by atoms with E-state index in [2.05, 4.69) is 15.6 Å². The third kappa shape index (κ3) is 5.15. The van der Waals surface area contributed by atoms with Crippen molar-refractivity contribution in [2.75, 3.05) is 4.72 Å². The molecule has 3 rings (SSSR count). The monoisotopic (exact) mass is 467 g/mol. The summed E-state index contributed by atoms with van der Waals surface area (Å²) < 4.78 is 41.1. The highest BCUT2D eigenvalue weighted by Gasteiger charge is 2.20. The molecule has 0 bridgehead atoms. The Morgan fingerprint density at radius 2 is 1.77 bits per heavy atom. The van der Waals surface area contributed by atoms with Crippen LogP contribution in [0, 0.1) is 5.82 Å². The van der Waals surface area contributed by atoms with Gasteiger partial charge in [-0.2, -0.15) is 0 Å². The van der Waals surface area contributed by atoms with Crippen LogP contribution >= 0.6 is 22.9 Å². The molecule has 0 radical (unpaired) electrons. The van der Waals surface area contributed by atoms with Crippen LogP contribution in [0.15, 0.2) is 64.2 Å². The Morgan fingerprint density at radius 1 is 1.00 bits per heavy atom. The Labute approximate surface area is 180 Å². The van der Waals surface area contributed by atoms with Gasteiger partial charge >= 0.3 is 0 Å². The maximum Gasteiger partial charge on any atom is 0.271 e. The molecule has 0 aliphatic heterocycles. The zero-order chi connectivity index (χ0) is 21.7. The van der Waals surface area contributed by atoms with Crippen LogP contribution in [0.3, 0.4) is 0 Å². The van der Waals surface area contributed by atoms with Gasteiger partial charge in [-0.05, 0) is 35.7 Å². The Morgan fingerprint density at radius 3 is 2.47 bits per heavy atom. The molecule has 1 heterocycles. The molecule has 3 aromatic rings. The first kappa shape index (κ1) is 21.8. The number of carbonyl (C=O) groups is 2. The molecule has 3 N–H and O–H groups in total. The number of sulfonamides is 1. The lowest BCUT2D eigenvalue weighted by atomic mass is 10.1. The van der Waals surface area contributed by atoms with E-state index in [-0.39, 0.29) is 26.0 Å². The lowest BCUT2D eigenvalue weighted by Crippen LogP contribution is -2.42. The van der Waals surface area contributed by atoms with Crippen LogP contribution < -0.4 is 15.6 Å². The van der Waals surface area contributed by atoms with Gasteiger partial charge in [0.2, 0.25) is 5.91 Å². The average Bonchev–Trinajstić information content (AvgIpc) is 3.25. The van der Waals surface area contributed by atoms with Crippen LogP contribution in [0.4, 0.5) is 10.1 Å². The second-order valence-electron chi connectivity index (χ2n) is 5.96. The van der Waals surface area contributed by atoms with Crippen molar-refractivity contribution in [3.05, 3.63) is 81.9 Å². The van der Waals surface area contributed by atoms with Crippen LogP contribution in [-0.4, -0.2) is 20.2 Å². The molecule has 11 heteroatoms. The Balaban J connectivity index is 1.68. The largest absolute Gasteiger partial charge is 0.278 e. The minimum Gasteiger partial charge on any atom is -0.278 e. The topological polar surface area (TPSA) is 104 Å². The van der Waals surface area contributed by atoms with Gasteiger partial charge < -0.3 is 0 Å². The Kier molecular flexibility index (Phi) is 6.70. The first-order valence-corrected chi connectivity index (χ1v) is 11.2. The maximum absolute atomic E-state index is 13.8. The molecule has 0 fully saturated rings. The summed E-state index contributed by atoms with van der Waals surface area (Å²) in [4.78, 5) is 24.5. The zero-order valence-electron chi connectivity index (χ0n) is 15.2. The van der Waals surface area contributed by atoms with E-state index < -0.39 is 34.1 Å². The molecule has 1 aromatic heterocycles. The van der Waals surface area contributed by atoms with Gasteiger partial charge in [0, 0.05) is 10.6 Å². The summed E-state index contributed by atoms with van der Waals surface area (Å²) in [6.45, 7) is 0. The van der Waals surface area contributed by atoms with Gasteiger partial charge in [0.05, 0.1) is 17.7 Å². The molecule has 0 saturated carbocycles. The predicted octanol–water partition coefficient (Wildman–Crippen LogP) is 3.35. The van der Waals surface area contributed by atoms with E-state index in [1.165, 1.54) is 36.4 Å². The van der Waals surface area contributed by atoms with Crippen molar-refractivity contribution in [2.45, 2.75) is 10.6 Å². The second kappa shape index (κ2) is 9.24. The SMILES string of the molecule is O=C(Cc1c(F)cccc1Cl)NNC(=O)c1ccccc1NS(=O)(=O)c1cccs1. The number of para-hydroxylation sites is 1. The molecule has 2 aromatic carbocycles. The van der Waals surface area contributed by atoms with Crippen LogP contribution in [-0.2, 0) is 21.2 Å². The van der Waals surface area contributed by atoms with Crippen molar-refractivity contribution in [3.8, 4) is 0 Å². The first-order valence-electron chi connectivity index (χ1n) is 8.45. The van der Waals surface area contributed by atoms with Gasteiger partial charge in [0.25, 0.3) is 15.9 Å². The minimum absolute atomic E-state index is 0.00461. The summed E-state index contributed by atoms with van der Waals surface area (Å²) in [5.41, 5.74) is 4.37. The normalized spacial score (nSPS) is 11.0. The number of amides is 2. The highest BCUT2D eigenvalue weighted by molar-refractivity contribution is 7.94. The smallest absolute Gasteiger partial charge is 0.271 e. The van der Waals surface area contributed by atoms with Crippen LogP contribution in [0.5, 0.6) is 0 Å². The fourth-order valence-corrected chi connectivity index (χ4v) is 4.78. The predicted molar refractivity (Wildman–Crippen MR) is 112 cm³/mol. The number of hydrogen-bond acceptors (Lipinski definition) is 5. The molecular formula is C19H15ClFN3O4S2. The van der Waals surface area contributed by atoms with Crippen LogP contribution in [0.25, 0.3) is 0 Å². The minimum atomic E-state index is -3.86. The van der Waals surface area contributed by atoms with Crippen molar-refractivity contribution >= 4 is 50.5 Å². The molecule has 0 aliphatic rings. The van der Waals surface area contributed by atoms with E-state index in [9.17, 15) is 22.4 Å². The molecular weight excluding hydrogens is 453 g/mol. The van der Waals surface area contributed by atoms with Crippen molar-refractivity contribution in [1.82, 2.24) is 10.9 Å². The fraction of sp³-hybridized carbons (Fsp3) is 0.0526. The highest BCUT2D eigenvalue weighted by atomic mass is 35.5. The van der Waals surface area contributed by atoms with E-state index in [0.717, 1.165) is 11.3 Å².